The summed E-state index contributed by atoms with van der Waals surface area (Å²) in [5.41, 5.74) is 1.49. The van der Waals surface area contributed by atoms with E-state index in [0.29, 0.717) is 16.9 Å². The van der Waals surface area contributed by atoms with Gasteiger partial charge in [0.15, 0.2) is 5.82 Å². The first-order valence-corrected chi connectivity index (χ1v) is 8.02. The highest BCUT2D eigenvalue weighted by Gasteiger charge is 2.33. The van der Waals surface area contributed by atoms with Crippen LogP contribution in [0.2, 0.25) is 0 Å². The zero-order valence-corrected chi connectivity index (χ0v) is 13.4. The number of ether oxygens (including phenoxy) is 1. The number of aromatic nitrogens is 7. The van der Waals surface area contributed by atoms with Crippen molar-refractivity contribution in [3.8, 4) is 11.0 Å². The van der Waals surface area contributed by atoms with E-state index in [0.717, 1.165) is 28.8 Å². The summed E-state index contributed by atoms with van der Waals surface area (Å²) in [6.45, 7) is 0.213. The third kappa shape index (κ3) is 2.44. The molecule has 0 bridgehead atoms. The van der Waals surface area contributed by atoms with Crippen LogP contribution in [0.1, 0.15) is 31.4 Å². The molecule has 9 nitrogen and oxygen atoms in total. The lowest BCUT2D eigenvalue weighted by Gasteiger charge is -2.06. The van der Waals surface area contributed by atoms with E-state index in [2.05, 4.69) is 20.5 Å². The molecule has 0 atom stereocenters. The van der Waals surface area contributed by atoms with Crippen molar-refractivity contribution in [2.24, 2.45) is 14.1 Å². The molecule has 0 spiro atoms. The second-order valence-electron chi connectivity index (χ2n) is 5.41. The van der Waals surface area contributed by atoms with E-state index in [1.165, 1.54) is 23.1 Å². The van der Waals surface area contributed by atoms with E-state index in [1.54, 1.807) is 10.1 Å². The van der Waals surface area contributed by atoms with Gasteiger partial charge in [0.1, 0.15) is 6.61 Å². The molecule has 1 saturated carbocycles. The van der Waals surface area contributed by atoms with Crippen molar-refractivity contribution in [1.82, 2.24) is 34.6 Å². The fourth-order valence-electron chi connectivity index (χ4n) is 2.57. The number of nitrogens with zero attached hydrogens (tertiary/aromatic N) is 7. The van der Waals surface area contributed by atoms with Crippen LogP contribution in [-0.2, 0) is 20.7 Å². The predicted molar refractivity (Wildman–Crippen MR) is 81.8 cm³/mol. The number of thiazole rings is 1. The summed E-state index contributed by atoms with van der Waals surface area (Å²) in [5.74, 6) is 0.852. The van der Waals surface area contributed by atoms with Gasteiger partial charge in [-0.05, 0) is 23.3 Å². The fraction of sp³-hybridized carbons (Fsp3) is 0.462. The molecule has 0 unspecified atom stereocenters. The van der Waals surface area contributed by atoms with Gasteiger partial charge in [0.25, 0.3) is 5.19 Å². The average molecular weight is 335 g/mol. The van der Waals surface area contributed by atoms with Crippen LogP contribution in [0.3, 0.4) is 0 Å². The fourth-order valence-corrected chi connectivity index (χ4v) is 3.01. The van der Waals surface area contributed by atoms with Crippen LogP contribution in [-0.4, -0.2) is 34.6 Å². The van der Waals surface area contributed by atoms with E-state index < -0.39 is 0 Å². The van der Waals surface area contributed by atoms with Crippen molar-refractivity contribution < 1.29 is 6.11 Å². The maximum Gasteiger partial charge on any atom is 0.369 e. The van der Waals surface area contributed by atoms with Crippen molar-refractivity contribution in [2.45, 2.75) is 25.4 Å². The summed E-state index contributed by atoms with van der Waals surface area (Å²) in [7, 11) is 3.39. The minimum atomic E-state index is -0.362. The number of aryl methyl sites for hydroxylation is 2. The maximum atomic E-state index is 12.2. The SMILES string of the molecule is [3H]c1csc(OCc2c(-n3nnn(C)c3=O)nn(C)c2C2CC2)n1. The Balaban J connectivity index is 1.75. The molecule has 120 valence electrons. The summed E-state index contributed by atoms with van der Waals surface area (Å²) in [4.78, 5) is 16.2. The Morgan fingerprint density at radius 3 is 2.83 bits per heavy atom. The van der Waals surface area contributed by atoms with Crippen LogP contribution in [0.4, 0.5) is 0 Å². The molecule has 1 aliphatic rings. The number of rotatable bonds is 5. The van der Waals surface area contributed by atoms with Crippen molar-refractivity contribution in [3.63, 3.8) is 0 Å². The van der Waals surface area contributed by atoms with Gasteiger partial charge in [0.2, 0.25) is 0 Å². The van der Waals surface area contributed by atoms with Gasteiger partial charge in [0.05, 0.1) is 12.6 Å². The van der Waals surface area contributed by atoms with Crippen LogP contribution in [0.25, 0.3) is 5.82 Å². The van der Waals surface area contributed by atoms with Crippen molar-refractivity contribution in [3.05, 3.63) is 33.3 Å². The molecule has 1 aliphatic carbocycles. The van der Waals surface area contributed by atoms with E-state index in [-0.39, 0.29) is 18.5 Å². The van der Waals surface area contributed by atoms with E-state index in [4.69, 9.17) is 6.11 Å². The first-order valence-electron chi connectivity index (χ1n) is 7.64. The van der Waals surface area contributed by atoms with Crippen LogP contribution in [0, 0.1) is 0 Å². The van der Waals surface area contributed by atoms with Crippen LogP contribution >= 0.6 is 11.3 Å². The van der Waals surface area contributed by atoms with Gasteiger partial charge in [-0.15, -0.1) is 4.68 Å². The smallest absolute Gasteiger partial charge is 0.369 e. The molecule has 1 fully saturated rings. The third-order valence-corrected chi connectivity index (χ3v) is 4.40. The van der Waals surface area contributed by atoms with E-state index in [1.807, 2.05) is 7.05 Å². The normalized spacial score (nSPS) is 15.0. The summed E-state index contributed by atoms with van der Waals surface area (Å²) >= 11 is 1.27. The van der Waals surface area contributed by atoms with E-state index in [9.17, 15) is 4.79 Å². The van der Waals surface area contributed by atoms with Crippen LogP contribution < -0.4 is 10.4 Å². The minimum Gasteiger partial charge on any atom is -0.465 e. The van der Waals surface area contributed by atoms with Crippen molar-refractivity contribution in [1.29, 1.82) is 0 Å². The summed E-state index contributed by atoms with van der Waals surface area (Å²) in [6, 6.07) is 0. The van der Waals surface area contributed by atoms with Crippen molar-refractivity contribution in [2.75, 3.05) is 0 Å². The second-order valence-corrected chi connectivity index (χ2v) is 6.23. The van der Waals surface area contributed by atoms with Crippen molar-refractivity contribution >= 4 is 11.3 Å². The highest BCUT2D eigenvalue weighted by Crippen LogP contribution is 2.42. The Kier molecular flexibility index (Phi) is 3.00. The molecule has 4 rings (SSSR count). The van der Waals surface area contributed by atoms with E-state index >= 15 is 0 Å². The second kappa shape index (κ2) is 5.30. The molecule has 3 heterocycles. The Labute approximate surface area is 136 Å². The first kappa shape index (κ1) is 13.0. The van der Waals surface area contributed by atoms with Gasteiger partial charge < -0.3 is 4.74 Å². The largest absolute Gasteiger partial charge is 0.465 e. The molecule has 10 heteroatoms. The Bertz CT molecular complexity index is 952. The standard InChI is InChI=1S/C13H15N7O2S/c1-18-10(8-3-4-8)9(7-22-12-14-5-6-23-12)11(15-18)20-13(21)19(2)16-17-20/h5-6,8H,3-4,7H2,1-2H3/i5T. The topological polar surface area (TPSA) is 92.6 Å². The number of tetrazole rings is 1. The summed E-state index contributed by atoms with van der Waals surface area (Å²) in [6.07, 6.45) is 2.36. The molecule has 3 aromatic heterocycles. The molecule has 23 heavy (non-hydrogen) atoms. The molecule has 0 amide bonds. The molecular formula is C13H15N7O2S. The molecule has 0 aromatic carbocycles. The van der Waals surface area contributed by atoms with Gasteiger partial charge >= 0.3 is 5.69 Å². The molecule has 3 aromatic rings. The quantitative estimate of drug-likeness (QED) is 0.678. The number of hydrogen-bond acceptors (Lipinski definition) is 7. The van der Waals surface area contributed by atoms with Gasteiger partial charge in [0, 0.05) is 31.6 Å². The highest BCUT2D eigenvalue weighted by molar-refractivity contribution is 7.11. The molecular weight excluding hydrogens is 318 g/mol. The average Bonchev–Trinajstić information content (AvgIpc) is 3.10. The molecule has 0 radical (unpaired) electrons. The minimum absolute atomic E-state index is 0.175. The molecule has 0 N–H and O–H groups in total. The zero-order valence-electron chi connectivity index (χ0n) is 13.6. The third-order valence-electron chi connectivity index (χ3n) is 3.77. The maximum absolute atomic E-state index is 12.2. The lowest BCUT2D eigenvalue weighted by atomic mass is 10.1. The lowest BCUT2D eigenvalue weighted by Crippen LogP contribution is -2.23. The Morgan fingerprint density at radius 1 is 1.39 bits per heavy atom. The van der Waals surface area contributed by atoms with Crippen LogP contribution in [0.15, 0.2) is 16.3 Å². The molecule has 0 saturated heterocycles. The lowest BCUT2D eigenvalue weighted by molar-refractivity contribution is 0.302. The highest BCUT2D eigenvalue weighted by atomic mass is 32.1. The zero-order chi connectivity index (χ0) is 16.8. The predicted octanol–water partition coefficient (Wildman–Crippen LogP) is 0.612. The monoisotopic (exact) mass is 335 g/mol. The van der Waals surface area contributed by atoms with Gasteiger partial charge in [-0.3, -0.25) is 4.68 Å². The molecule has 0 aliphatic heterocycles. The van der Waals surface area contributed by atoms with Gasteiger partial charge in [-0.25, -0.2) is 9.78 Å². The Hall–Kier alpha value is -2.49. The number of hydrogen-bond donors (Lipinski definition) is 0. The first-order chi connectivity index (χ1) is 11.5. The summed E-state index contributed by atoms with van der Waals surface area (Å²) < 4.78 is 17.3. The van der Waals surface area contributed by atoms with Crippen LogP contribution in [0.5, 0.6) is 5.19 Å². The van der Waals surface area contributed by atoms with Gasteiger partial charge in [-0.2, -0.15) is 9.78 Å². The Morgan fingerprint density at radius 2 is 2.22 bits per heavy atom. The summed E-state index contributed by atoms with van der Waals surface area (Å²) in [5, 5.41) is 14.1. The van der Waals surface area contributed by atoms with Gasteiger partial charge in [-0.1, -0.05) is 11.3 Å².